The van der Waals surface area contributed by atoms with Crippen LogP contribution in [0.25, 0.3) is 0 Å². The van der Waals surface area contributed by atoms with Crippen LogP contribution in [0.3, 0.4) is 0 Å². The number of thiazole rings is 1. The molecule has 1 aromatic rings. The second kappa shape index (κ2) is 3.64. The van der Waals surface area contributed by atoms with Gasteiger partial charge in [0.15, 0.2) is 0 Å². The highest BCUT2D eigenvalue weighted by atomic mass is 32.1. The van der Waals surface area contributed by atoms with Crippen LogP contribution in [0.4, 0.5) is 0 Å². The maximum atomic E-state index is 10.9. The Balaban J connectivity index is 2.84. The fraction of sp³-hybridized carbons (Fsp3) is 0.429. The molecule has 0 aliphatic rings. The van der Waals surface area contributed by atoms with Crippen LogP contribution in [0, 0.1) is 0 Å². The first-order valence-electron chi connectivity index (χ1n) is 3.44. The van der Waals surface area contributed by atoms with E-state index in [0.29, 0.717) is 5.01 Å². The van der Waals surface area contributed by atoms with Crippen molar-refractivity contribution in [2.75, 3.05) is 7.11 Å². The van der Waals surface area contributed by atoms with Crippen LogP contribution in [-0.4, -0.2) is 18.1 Å². The molecule has 1 unspecified atom stereocenters. The Hall–Kier alpha value is -0.940. The number of carbonyl (C=O) groups is 1. The summed E-state index contributed by atoms with van der Waals surface area (Å²) in [5.74, 6) is -0.410. The smallest absolute Gasteiger partial charge is 0.367 e. The topological polar surface area (TPSA) is 65.2 Å². The summed E-state index contributed by atoms with van der Waals surface area (Å²) in [6, 6.07) is -0.139. The van der Waals surface area contributed by atoms with Gasteiger partial charge in [0.2, 0.25) is 5.01 Å². The Morgan fingerprint density at radius 1 is 1.83 bits per heavy atom. The Morgan fingerprint density at radius 2 is 2.50 bits per heavy atom. The van der Waals surface area contributed by atoms with E-state index in [2.05, 4.69) is 9.72 Å². The molecule has 0 spiro atoms. The van der Waals surface area contributed by atoms with E-state index in [1.807, 2.05) is 6.92 Å². The van der Waals surface area contributed by atoms with Crippen LogP contribution in [0.15, 0.2) is 5.38 Å². The van der Waals surface area contributed by atoms with Crippen molar-refractivity contribution < 1.29 is 9.53 Å². The highest BCUT2D eigenvalue weighted by molar-refractivity contribution is 7.11. The lowest BCUT2D eigenvalue weighted by atomic mass is 10.3. The van der Waals surface area contributed by atoms with Crippen LogP contribution >= 0.6 is 11.3 Å². The van der Waals surface area contributed by atoms with Gasteiger partial charge in [0.05, 0.1) is 12.8 Å². The highest BCUT2D eigenvalue weighted by Gasteiger charge is 2.12. The number of ether oxygens (including phenoxy) is 1. The van der Waals surface area contributed by atoms with Crippen LogP contribution < -0.4 is 5.73 Å². The van der Waals surface area contributed by atoms with Gasteiger partial charge in [0.25, 0.3) is 0 Å². The van der Waals surface area contributed by atoms with E-state index in [4.69, 9.17) is 5.73 Å². The van der Waals surface area contributed by atoms with Crippen molar-refractivity contribution in [2.45, 2.75) is 13.0 Å². The summed E-state index contributed by atoms with van der Waals surface area (Å²) < 4.78 is 4.50. The van der Waals surface area contributed by atoms with Gasteiger partial charge in [0.1, 0.15) is 0 Å². The molecular formula is C7H10N2O2S. The standard InChI is InChI=1S/C7H10N2O2S/c1-4(8)5-3-12-6(9-5)7(10)11-2/h3-4H,8H2,1-2H3. The van der Waals surface area contributed by atoms with Crippen LogP contribution in [0.1, 0.15) is 28.5 Å². The molecule has 0 amide bonds. The number of hydrogen-bond donors (Lipinski definition) is 1. The minimum atomic E-state index is -0.410. The zero-order valence-electron chi connectivity index (χ0n) is 6.90. The van der Waals surface area contributed by atoms with Crippen molar-refractivity contribution in [2.24, 2.45) is 5.73 Å². The molecule has 1 atom stereocenters. The van der Waals surface area contributed by atoms with Gasteiger partial charge in [-0.3, -0.25) is 0 Å². The molecule has 0 saturated heterocycles. The highest BCUT2D eigenvalue weighted by Crippen LogP contribution is 2.14. The second-order valence-electron chi connectivity index (χ2n) is 2.36. The summed E-state index contributed by atoms with van der Waals surface area (Å²) >= 11 is 1.24. The molecule has 0 radical (unpaired) electrons. The molecular weight excluding hydrogens is 176 g/mol. The van der Waals surface area contributed by atoms with E-state index in [0.717, 1.165) is 5.69 Å². The molecule has 0 fully saturated rings. The third-order valence-electron chi connectivity index (χ3n) is 1.35. The van der Waals surface area contributed by atoms with Crippen molar-refractivity contribution in [3.8, 4) is 0 Å². The molecule has 66 valence electrons. The predicted molar refractivity (Wildman–Crippen MR) is 46.1 cm³/mol. The predicted octanol–water partition coefficient (Wildman–Crippen LogP) is 0.949. The zero-order valence-corrected chi connectivity index (χ0v) is 7.72. The number of nitrogens with two attached hydrogens (primary N) is 1. The number of carbonyl (C=O) groups excluding carboxylic acids is 1. The number of rotatable bonds is 2. The fourth-order valence-corrected chi connectivity index (χ4v) is 1.51. The van der Waals surface area contributed by atoms with E-state index in [9.17, 15) is 4.79 Å². The molecule has 0 saturated carbocycles. The first-order chi connectivity index (χ1) is 5.65. The summed E-state index contributed by atoms with van der Waals surface area (Å²) in [7, 11) is 1.33. The average Bonchev–Trinajstić information content (AvgIpc) is 2.51. The van der Waals surface area contributed by atoms with Crippen molar-refractivity contribution >= 4 is 17.3 Å². The number of nitrogens with zero attached hydrogens (tertiary/aromatic N) is 1. The summed E-state index contributed by atoms with van der Waals surface area (Å²) in [6.45, 7) is 1.82. The maximum Gasteiger partial charge on any atom is 0.367 e. The molecule has 0 aliphatic carbocycles. The Labute approximate surface area is 74.4 Å². The van der Waals surface area contributed by atoms with Gasteiger partial charge in [-0.1, -0.05) is 0 Å². The molecule has 0 aliphatic heterocycles. The molecule has 0 bridgehead atoms. The average molecular weight is 186 g/mol. The van der Waals surface area contributed by atoms with Gasteiger partial charge in [-0.2, -0.15) is 0 Å². The number of hydrogen-bond acceptors (Lipinski definition) is 5. The summed E-state index contributed by atoms with van der Waals surface area (Å²) in [6.07, 6.45) is 0. The van der Waals surface area contributed by atoms with E-state index in [-0.39, 0.29) is 6.04 Å². The van der Waals surface area contributed by atoms with E-state index < -0.39 is 5.97 Å². The lowest BCUT2D eigenvalue weighted by Gasteiger charge is -1.96. The van der Waals surface area contributed by atoms with Crippen molar-refractivity contribution in [3.05, 3.63) is 16.1 Å². The number of aromatic nitrogens is 1. The third kappa shape index (κ3) is 1.80. The van der Waals surface area contributed by atoms with Crippen molar-refractivity contribution in [1.29, 1.82) is 0 Å². The van der Waals surface area contributed by atoms with Crippen LogP contribution in [0.5, 0.6) is 0 Å². The molecule has 2 N–H and O–H groups in total. The third-order valence-corrected chi connectivity index (χ3v) is 2.19. The monoisotopic (exact) mass is 186 g/mol. The van der Waals surface area contributed by atoms with E-state index >= 15 is 0 Å². The quantitative estimate of drug-likeness (QED) is 0.698. The summed E-state index contributed by atoms with van der Waals surface area (Å²) in [5, 5.41) is 2.11. The lowest BCUT2D eigenvalue weighted by Crippen LogP contribution is -2.07. The van der Waals surface area contributed by atoms with Crippen LogP contribution in [-0.2, 0) is 4.74 Å². The van der Waals surface area contributed by atoms with Gasteiger partial charge in [-0.15, -0.1) is 11.3 Å². The lowest BCUT2D eigenvalue weighted by molar-refractivity contribution is 0.0600. The van der Waals surface area contributed by atoms with Gasteiger partial charge in [-0.25, -0.2) is 9.78 Å². The Kier molecular flexibility index (Phi) is 2.78. The molecule has 1 aromatic heterocycles. The molecule has 1 rings (SSSR count). The van der Waals surface area contributed by atoms with Gasteiger partial charge in [-0.05, 0) is 6.92 Å². The van der Waals surface area contributed by atoms with E-state index in [1.165, 1.54) is 18.4 Å². The maximum absolute atomic E-state index is 10.9. The Bertz CT molecular complexity index is 283. The first kappa shape index (κ1) is 9.15. The summed E-state index contributed by atoms with van der Waals surface area (Å²) in [5.41, 5.74) is 6.28. The van der Waals surface area contributed by atoms with Crippen molar-refractivity contribution in [1.82, 2.24) is 4.98 Å². The number of methoxy groups -OCH3 is 1. The number of esters is 1. The first-order valence-corrected chi connectivity index (χ1v) is 4.32. The van der Waals surface area contributed by atoms with Gasteiger partial charge >= 0.3 is 5.97 Å². The summed E-state index contributed by atoms with van der Waals surface area (Å²) in [4.78, 5) is 14.9. The molecule has 1 heterocycles. The largest absolute Gasteiger partial charge is 0.464 e. The molecule has 12 heavy (non-hydrogen) atoms. The SMILES string of the molecule is COC(=O)c1nc(C(C)N)cs1. The second-order valence-corrected chi connectivity index (χ2v) is 3.22. The van der Waals surface area contributed by atoms with Crippen LogP contribution in [0.2, 0.25) is 0 Å². The Morgan fingerprint density at radius 3 is 2.92 bits per heavy atom. The van der Waals surface area contributed by atoms with Gasteiger partial charge in [0, 0.05) is 11.4 Å². The molecule has 4 nitrogen and oxygen atoms in total. The van der Waals surface area contributed by atoms with E-state index in [1.54, 1.807) is 5.38 Å². The minimum absolute atomic E-state index is 0.139. The fourth-order valence-electron chi connectivity index (χ4n) is 0.676. The molecule has 5 heteroatoms. The zero-order chi connectivity index (χ0) is 9.14. The minimum Gasteiger partial charge on any atom is -0.464 e. The molecule has 0 aromatic carbocycles. The van der Waals surface area contributed by atoms with Crippen molar-refractivity contribution in [3.63, 3.8) is 0 Å². The normalized spacial score (nSPS) is 12.6. The van der Waals surface area contributed by atoms with Gasteiger partial charge < -0.3 is 10.5 Å².